The maximum Gasteiger partial charge on any atom is 0.0790 e. The number of allylic oxidation sites excluding steroid dienone is 2. The highest BCUT2D eigenvalue weighted by Crippen LogP contribution is 2.26. The van der Waals surface area contributed by atoms with Gasteiger partial charge in [0.1, 0.15) is 0 Å². The van der Waals surface area contributed by atoms with Crippen molar-refractivity contribution in [2.75, 3.05) is 5.01 Å². The van der Waals surface area contributed by atoms with Crippen molar-refractivity contribution in [3.8, 4) is 0 Å². The normalized spacial score (nSPS) is 15.5. The van der Waals surface area contributed by atoms with E-state index in [-0.39, 0.29) is 0 Å². The van der Waals surface area contributed by atoms with Crippen LogP contribution in [0.4, 0.5) is 5.69 Å². The minimum Gasteiger partial charge on any atom is -0.300 e. The van der Waals surface area contributed by atoms with E-state index in [2.05, 4.69) is 5.43 Å². The summed E-state index contributed by atoms with van der Waals surface area (Å²) < 4.78 is 0. The second kappa shape index (κ2) is 4.35. The molecule has 0 unspecified atom stereocenters. The predicted octanol–water partition coefficient (Wildman–Crippen LogP) is 3.83. The number of hydrogen-bond acceptors (Lipinski definition) is 2. The lowest BCUT2D eigenvalue weighted by Gasteiger charge is -2.24. The number of nitrogens with zero attached hydrogens (tertiary/aromatic N) is 1. The molecule has 1 aliphatic rings. The smallest absolute Gasteiger partial charge is 0.0790 e. The minimum absolute atomic E-state index is 0.481. The highest BCUT2D eigenvalue weighted by atomic mass is 35.5. The van der Waals surface area contributed by atoms with Gasteiger partial charge >= 0.3 is 0 Å². The third kappa shape index (κ3) is 2.40. The van der Waals surface area contributed by atoms with Crippen LogP contribution in [0.2, 0.25) is 5.02 Å². The van der Waals surface area contributed by atoms with Gasteiger partial charge in [-0.2, -0.15) is 0 Å². The lowest BCUT2D eigenvalue weighted by atomic mass is 10.3. The summed E-state index contributed by atoms with van der Waals surface area (Å²) in [6.45, 7) is 0. The molecule has 5 heteroatoms. The molecule has 0 fully saturated rings. The van der Waals surface area contributed by atoms with Crippen LogP contribution in [0, 0.1) is 0 Å². The number of halogens is 3. The molecule has 0 aliphatic carbocycles. The summed E-state index contributed by atoms with van der Waals surface area (Å²) in [6, 6.07) is 7.40. The molecule has 0 amide bonds. The lowest BCUT2D eigenvalue weighted by molar-refractivity contribution is 0.862. The largest absolute Gasteiger partial charge is 0.300 e. The molecule has 1 aromatic rings. The Bertz CT molecular complexity index is 440. The Morgan fingerprint density at radius 3 is 2.53 bits per heavy atom. The van der Waals surface area contributed by atoms with Crippen molar-refractivity contribution in [3.05, 3.63) is 51.8 Å². The number of hydrazine groups is 1. The molecule has 0 radical (unpaired) electrons. The molecule has 2 rings (SSSR count). The van der Waals surface area contributed by atoms with Crippen molar-refractivity contribution in [1.29, 1.82) is 0 Å². The van der Waals surface area contributed by atoms with Crippen molar-refractivity contribution in [2.24, 2.45) is 0 Å². The van der Waals surface area contributed by atoms with Crippen molar-refractivity contribution in [1.82, 2.24) is 5.43 Å². The molecular weight excluding hydrogens is 254 g/mol. The first-order valence-corrected chi connectivity index (χ1v) is 5.34. The van der Waals surface area contributed by atoms with Crippen LogP contribution in [0.5, 0.6) is 0 Å². The fourth-order valence-electron chi connectivity index (χ4n) is 1.18. The van der Waals surface area contributed by atoms with E-state index in [0.717, 1.165) is 5.69 Å². The zero-order valence-corrected chi connectivity index (χ0v) is 9.81. The average molecular weight is 262 g/mol. The van der Waals surface area contributed by atoms with Crippen LogP contribution in [-0.4, -0.2) is 0 Å². The second-order valence-electron chi connectivity index (χ2n) is 2.95. The van der Waals surface area contributed by atoms with Gasteiger partial charge in [0.2, 0.25) is 0 Å². The molecule has 78 valence electrons. The summed E-state index contributed by atoms with van der Waals surface area (Å²) in [5, 5.41) is 3.37. The molecule has 1 aromatic carbocycles. The number of benzene rings is 1. The second-order valence-corrected chi connectivity index (χ2v) is 4.20. The average Bonchev–Trinajstić information content (AvgIpc) is 2.22. The first-order chi connectivity index (χ1) is 7.16. The van der Waals surface area contributed by atoms with Gasteiger partial charge in [-0.25, -0.2) is 0 Å². The fourth-order valence-corrected chi connectivity index (χ4v) is 1.62. The summed E-state index contributed by atoms with van der Waals surface area (Å²) in [6.07, 6.45) is 3.31. The molecule has 0 spiro atoms. The van der Waals surface area contributed by atoms with Crippen molar-refractivity contribution in [3.63, 3.8) is 0 Å². The Hall–Kier alpha value is -0.830. The van der Waals surface area contributed by atoms with Crippen LogP contribution in [0.25, 0.3) is 0 Å². The van der Waals surface area contributed by atoms with E-state index in [1.807, 2.05) is 24.3 Å². The van der Waals surface area contributed by atoms with E-state index in [4.69, 9.17) is 34.8 Å². The van der Waals surface area contributed by atoms with Gasteiger partial charge in [-0.05, 0) is 18.2 Å². The van der Waals surface area contributed by atoms with Gasteiger partial charge < -0.3 is 5.43 Å². The molecule has 1 heterocycles. The molecule has 0 aromatic heterocycles. The van der Waals surface area contributed by atoms with Gasteiger partial charge in [0.25, 0.3) is 0 Å². The van der Waals surface area contributed by atoms with Gasteiger partial charge in [0, 0.05) is 17.4 Å². The topological polar surface area (TPSA) is 15.3 Å². The maximum absolute atomic E-state index is 5.90. The minimum atomic E-state index is 0.481. The molecule has 0 saturated heterocycles. The maximum atomic E-state index is 5.90. The number of nitrogens with one attached hydrogen (secondary N) is 1. The Labute approximate surface area is 103 Å². The Balaban J connectivity index is 2.28. The van der Waals surface area contributed by atoms with Crippen molar-refractivity contribution in [2.45, 2.75) is 0 Å². The third-order valence-electron chi connectivity index (χ3n) is 1.89. The highest BCUT2D eigenvalue weighted by Gasteiger charge is 2.10. The van der Waals surface area contributed by atoms with Gasteiger partial charge in [0.15, 0.2) is 0 Å². The van der Waals surface area contributed by atoms with Crippen LogP contribution in [0.1, 0.15) is 0 Å². The number of anilines is 1. The number of rotatable bonds is 1. The molecular formula is C10H7Cl3N2. The lowest BCUT2D eigenvalue weighted by Crippen LogP contribution is -2.31. The van der Waals surface area contributed by atoms with Crippen LogP contribution in [0.3, 0.4) is 0 Å². The highest BCUT2D eigenvalue weighted by molar-refractivity contribution is 6.44. The summed E-state index contributed by atoms with van der Waals surface area (Å²) in [5.41, 5.74) is 3.85. The summed E-state index contributed by atoms with van der Waals surface area (Å²) >= 11 is 17.6. The van der Waals surface area contributed by atoms with Crippen LogP contribution in [0.15, 0.2) is 46.7 Å². The van der Waals surface area contributed by atoms with E-state index in [9.17, 15) is 0 Å². The van der Waals surface area contributed by atoms with Crippen molar-refractivity contribution < 1.29 is 0 Å². The van der Waals surface area contributed by atoms with Gasteiger partial charge in [-0.3, -0.25) is 5.01 Å². The predicted molar refractivity (Wildman–Crippen MR) is 64.9 cm³/mol. The first kappa shape index (κ1) is 10.7. The third-order valence-corrected chi connectivity index (χ3v) is 2.83. The molecule has 0 saturated carbocycles. The molecule has 0 atom stereocenters. The summed E-state index contributed by atoms with van der Waals surface area (Å²) in [7, 11) is 0. The van der Waals surface area contributed by atoms with E-state index in [1.54, 1.807) is 17.4 Å². The quantitative estimate of drug-likeness (QED) is 0.826. The van der Waals surface area contributed by atoms with Gasteiger partial charge in [-0.15, -0.1) is 0 Å². The summed E-state index contributed by atoms with van der Waals surface area (Å²) in [5.74, 6) is 0. The molecule has 0 bridgehead atoms. The molecule has 1 N–H and O–H groups in total. The SMILES string of the molecule is ClC1=CNN(c2cccc(Cl)c2)C=C1Cl. The van der Waals surface area contributed by atoms with Gasteiger partial charge in [0.05, 0.1) is 15.8 Å². The van der Waals surface area contributed by atoms with Crippen LogP contribution >= 0.6 is 34.8 Å². The zero-order valence-electron chi connectivity index (χ0n) is 7.55. The summed E-state index contributed by atoms with van der Waals surface area (Å²) in [4.78, 5) is 0. The molecule has 2 nitrogen and oxygen atoms in total. The van der Waals surface area contributed by atoms with E-state index < -0.39 is 0 Å². The van der Waals surface area contributed by atoms with Gasteiger partial charge in [-0.1, -0.05) is 40.9 Å². The monoisotopic (exact) mass is 260 g/mol. The van der Waals surface area contributed by atoms with E-state index in [1.165, 1.54) is 0 Å². The van der Waals surface area contributed by atoms with Crippen LogP contribution < -0.4 is 10.4 Å². The Kier molecular flexibility index (Phi) is 3.10. The standard InChI is InChI=1S/C10H7Cl3N2/c11-7-2-1-3-8(4-7)15-6-10(13)9(12)5-14-15/h1-6,14H. The molecule has 1 aliphatic heterocycles. The fraction of sp³-hybridized carbons (Fsp3) is 0. The Morgan fingerprint density at radius 1 is 1.07 bits per heavy atom. The zero-order chi connectivity index (χ0) is 10.8. The Morgan fingerprint density at radius 2 is 1.87 bits per heavy atom. The van der Waals surface area contributed by atoms with E-state index in [0.29, 0.717) is 15.1 Å². The molecule has 15 heavy (non-hydrogen) atoms. The van der Waals surface area contributed by atoms with Crippen molar-refractivity contribution >= 4 is 40.5 Å². The van der Waals surface area contributed by atoms with E-state index >= 15 is 0 Å². The van der Waals surface area contributed by atoms with Crippen LogP contribution in [-0.2, 0) is 0 Å². The first-order valence-electron chi connectivity index (χ1n) is 4.21. The number of hydrogen-bond donors (Lipinski definition) is 1.